The highest BCUT2D eigenvalue weighted by molar-refractivity contribution is 4.81. The fourth-order valence-corrected chi connectivity index (χ4v) is 4.29. The fourth-order valence-electron chi connectivity index (χ4n) is 4.29. The van der Waals surface area contributed by atoms with Crippen molar-refractivity contribution in [2.24, 2.45) is 23.5 Å². The third-order valence-corrected chi connectivity index (χ3v) is 5.46. The first-order valence-corrected chi connectivity index (χ1v) is 9.89. The van der Waals surface area contributed by atoms with Crippen molar-refractivity contribution in [1.82, 2.24) is 0 Å². The lowest BCUT2D eigenvalue weighted by molar-refractivity contribution is 0.187. The summed E-state index contributed by atoms with van der Waals surface area (Å²) in [6.07, 6.45) is 18.2. The Labute approximate surface area is 134 Å². The van der Waals surface area contributed by atoms with Gasteiger partial charge in [-0.15, -0.1) is 0 Å². The van der Waals surface area contributed by atoms with Crippen molar-refractivity contribution in [3.8, 4) is 0 Å². The number of hydrogen-bond acceptors (Lipinski definition) is 1. The summed E-state index contributed by atoms with van der Waals surface area (Å²) in [6.45, 7) is 7.11. The molecule has 1 nitrogen and oxygen atoms in total. The molecule has 3 unspecified atom stereocenters. The van der Waals surface area contributed by atoms with Gasteiger partial charge in [0.25, 0.3) is 0 Å². The van der Waals surface area contributed by atoms with Crippen LogP contribution in [0.15, 0.2) is 0 Å². The molecule has 21 heavy (non-hydrogen) atoms. The van der Waals surface area contributed by atoms with Gasteiger partial charge in [-0.1, -0.05) is 78.6 Å². The molecule has 1 fully saturated rings. The Morgan fingerprint density at radius 3 is 1.76 bits per heavy atom. The van der Waals surface area contributed by atoms with Gasteiger partial charge in [-0.05, 0) is 43.4 Å². The number of unbranched alkanes of at least 4 members (excludes halogenated alkanes) is 8. The van der Waals surface area contributed by atoms with Gasteiger partial charge in [-0.25, -0.2) is 0 Å². The van der Waals surface area contributed by atoms with Gasteiger partial charge in [0.2, 0.25) is 0 Å². The largest absolute Gasteiger partial charge is 0.327 e. The Morgan fingerprint density at radius 1 is 0.762 bits per heavy atom. The summed E-state index contributed by atoms with van der Waals surface area (Å²) in [5, 5.41) is 0. The summed E-state index contributed by atoms with van der Waals surface area (Å²) < 4.78 is 0. The first-order chi connectivity index (χ1) is 10.1. The Balaban J connectivity index is 1.97. The van der Waals surface area contributed by atoms with E-state index in [2.05, 4.69) is 20.8 Å². The molecule has 0 saturated heterocycles. The summed E-state index contributed by atoms with van der Waals surface area (Å²) in [5.41, 5.74) is 6.47. The molecule has 0 aliphatic heterocycles. The summed E-state index contributed by atoms with van der Waals surface area (Å²) in [5.74, 6) is 2.60. The molecular weight excluding hydrogens is 254 g/mol. The van der Waals surface area contributed by atoms with Crippen molar-refractivity contribution >= 4 is 0 Å². The van der Waals surface area contributed by atoms with E-state index < -0.39 is 0 Å². The SMILES string of the molecule is CCCCCCCCCCCC(N)C1CC(C)CC(C)C1. The van der Waals surface area contributed by atoms with Crippen molar-refractivity contribution in [2.75, 3.05) is 0 Å². The molecule has 126 valence electrons. The van der Waals surface area contributed by atoms with Crippen molar-refractivity contribution in [2.45, 2.75) is 110 Å². The van der Waals surface area contributed by atoms with Gasteiger partial charge in [-0.2, -0.15) is 0 Å². The van der Waals surface area contributed by atoms with Crippen molar-refractivity contribution in [3.63, 3.8) is 0 Å². The maximum atomic E-state index is 6.47. The fraction of sp³-hybridized carbons (Fsp3) is 1.00. The van der Waals surface area contributed by atoms with Crippen LogP contribution < -0.4 is 5.73 Å². The molecule has 1 saturated carbocycles. The van der Waals surface area contributed by atoms with E-state index in [1.54, 1.807) is 0 Å². The number of nitrogens with two attached hydrogens (primary N) is 1. The lowest BCUT2D eigenvalue weighted by atomic mass is 9.73. The van der Waals surface area contributed by atoms with Crippen LogP contribution in [0.25, 0.3) is 0 Å². The summed E-state index contributed by atoms with van der Waals surface area (Å²) in [6, 6.07) is 0.472. The highest BCUT2D eigenvalue weighted by Crippen LogP contribution is 2.35. The molecule has 1 rings (SSSR count). The highest BCUT2D eigenvalue weighted by atomic mass is 14.7. The van der Waals surface area contributed by atoms with Gasteiger partial charge in [-0.3, -0.25) is 0 Å². The normalized spacial score (nSPS) is 27.7. The molecule has 0 aromatic heterocycles. The highest BCUT2D eigenvalue weighted by Gasteiger charge is 2.27. The van der Waals surface area contributed by atoms with Crippen LogP contribution in [0.4, 0.5) is 0 Å². The lowest BCUT2D eigenvalue weighted by Gasteiger charge is -2.35. The van der Waals surface area contributed by atoms with E-state index in [9.17, 15) is 0 Å². The smallest absolute Gasteiger partial charge is 0.00673 e. The first-order valence-electron chi connectivity index (χ1n) is 9.89. The molecule has 0 amide bonds. The van der Waals surface area contributed by atoms with Gasteiger partial charge in [0.1, 0.15) is 0 Å². The molecule has 1 heteroatoms. The van der Waals surface area contributed by atoms with Crippen LogP contribution in [-0.4, -0.2) is 6.04 Å². The molecule has 0 heterocycles. The van der Waals surface area contributed by atoms with Crippen LogP contribution in [0.3, 0.4) is 0 Å². The van der Waals surface area contributed by atoms with Gasteiger partial charge in [0.15, 0.2) is 0 Å². The zero-order valence-corrected chi connectivity index (χ0v) is 15.1. The summed E-state index contributed by atoms with van der Waals surface area (Å²) in [4.78, 5) is 0. The average molecular weight is 296 g/mol. The molecule has 1 aliphatic carbocycles. The van der Waals surface area contributed by atoms with Gasteiger partial charge >= 0.3 is 0 Å². The minimum Gasteiger partial charge on any atom is -0.327 e. The molecule has 3 atom stereocenters. The zero-order chi connectivity index (χ0) is 15.5. The Morgan fingerprint density at radius 2 is 1.24 bits per heavy atom. The molecule has 2 N–H and O–H groups in total. The Kier molecular flexibility index (Phi) is 10.4. The van der Waals surface area contributed by atoms with E-state index >= 15 is 0 Å². The zero-order valence-electron chi connectivity index (χ0n) is 15.1. The lowest BCUT2D eigenvalue weighted by Crippen LogP contribution is -2.35. The molecule has 0 aromatic rings. The van der Waals surface area contributed by atoms with Gasteiger partial charge < -0.3 is 5.73 Å². The molecule has 0 aromatic carbocycles. The second kappa shape index (κ2) is 11.5. The third kappa shape index (κ3) is 8.86. The molecule has 0 radical (unpaired) electrons. The Bertz CT molecular complexity index is 228. The van der Waals surface area contributed by atoms with E-state index in [0.717, 1.165) is 17.8 Å². The minimum atomic E-state index is 0.472. The van der Waals surface area contributed by atoms with Gasteiger partial charge in [0, 0.05) is 6.04 Å². The predicted molar refractivity (Wildman–Crippen MR) is 95.5 cm³/mol. The second-order valence-corrected chi connectivity index (χ2v) is 7.96. The monoisotopic (exact) mass is 295 g/mol. The van der Waals surface area contributed by atoms with Crippen LogP contribution in [-0.2, 0) is 0 Å². The predicted octanol–water partition coefficient (Wildman–Crippen LogP) is 6.31. The second-order valence-electron chi connectivity index (χ2n) is 7.96. The van der Waals surface area contributed by atoms with E-state index in [1.165, 1.54) is 83.5 Å². The van der Waals surface area contributed by atoms with E-state index in [0.29, 0.717) is 6.04 Å². The first kappa shape index (κ1) is 19.0. The summed E-state index contributed by atoms with van der Waals surface area (Å²) in [7, 11) is 0. The Hall–Kier alpha value is -0.0400. The molecule has 1 aliphatic rings. The van der Waals surface area contributed by atoms with Crippen LogP contribution >= 0.6 is 0 Å². The average Bonchev–Trinajstić information content (AvgIpc) is 2.44. The van der Waals surface area contributed by atoms with Crippen LogP contribution in [0.2, 0.25) is 0 Å². The van der Waals surface area contributed by atoms with Crippen LogP contribution in [0.5, 0.6) is 0 Å². The topological polar surface area (TPSA) is 26.0 Å². The van der Waals surface area contributed by atoms with E-state index in [4.69, 9.17) is 5.73 Å². The standard InChI is InChI=1S/C20H41N/c1-4-5-6-7-8-9-10-11-12-13-20(21)19-15-17(2)14-18(3)16-19/h17-20H,4-16,21H2,1-3H3. The third-order valence-electron chi connectivity index (χ3n) is 5.46. The summed E-state index contributed by atoms with van der Waals surface area (Å²) >= 11 is 0. The minimum absolute atomic E-state index is 0.472. The van der Waals surface area contributed by atoms with Crippen molar-refractivity contribution < 1.29 is 0 Å². The molecule has 0 bridgehead atoms. The van der Waals surface area contributed by atoms with E-state index in [-0.39, 0.29) is 0 Å². The van der Waals surface area contributed by atoms with E-state index in [1.807, 2.05) is 0 Å². The van der Waals surface area contributed by atoms with Crippen LogP contribution in [0, 0.1) is 17.8 Å². The molecule has 0 spiro atoms. The van der Waals surface area contributed by atoms with Crippen molar-refractivity contribution in [3.05, 3.63) is 0 Å². The van der Waals surface area contributed by atoms with Crippen molar-refractivity contribution in [1.29, 1.82) is 0 Å². The number of rotatable bonds is 11. The number of hydrogen-bond donors (Lipinski definition) is 1. The van der Waals surface area contributed by atoms with Crippen LogP contribution in [0.1, 0.15) is 104 Å². The molecular formula is C20H41N. The quantitative estimate of drug-likeness (QED) is 0.444. The van der Waals surface area contributed by atoms with Gasteiger partial charge in [0.05, 0.1) is 0 Å². The maximum Gasteiger partial charge on any atom is 0.00673 e. The maximum absolute atomic E-state index is 6.47.